The molecule has 0 saturated heterocycles. The van der Waals surface area contributed by atoms with Crippen LogP contribution >= 0.6 is 0 Å². The monoisotopic (exact) mass is 173 g/mol. The number of aliphatic carboxylic acids is 1. The zero-order chi connectivity index (χ0) is 9.72. The average molecular weight is 173 g/mol. The molecule has 0 rings (SSSR count). The van der Waals surface area contributed by atoms with Crippen LogP contribution in [0.15, 0.2) is 0 Å². The van der Waals surface area contributed by atoms with Gasteiger partial charge in [0.1, 0.15) is 6.04 Å². The van der Waals surface area contributed by atoms with Crippen molar-refractivity contribution in [2.75, 3.05) is 0 Å². The fourth-order valence-electron chi connectivity index (χ4n) is 0.975. The molecule has 0 amide bonds. The molecule has 1 unspecified atom stereocenters. The second-order valence-electron chi connectivity index (χ2n) is 3.04. The van der Waals surface area contributed by atoms with Gasteiger partial charge < -0.3 is 15.4 Å². The van der Waals surface area contributed by atoms with E-state index in [0.717, 1.165) is 6.42 Å². The molecule has 70 valence electrons. The number of carbonyl (C=O) groups is 1. The van der Waals surface area contributed by atoms with Crippen molar-refractivity contribution < 1.29 is 14.9 Å². The summed E-state index contributed by atoms with van der Waals surface area (Å²) >= 11 is 0. The zero-order valence-electron chi connectivity index (χ0n) is 7.74. The van der Waals surface area contributed by atoms with E-state index in [-0.39, 0.29) is 5.92 Å². The minimum atomic E-state index is -0.912. The lowest BCUT2D eigenvalue weighted by Crippen LogP contribution is -2.48. The Balaban J connectivity index is 4.13. The molecule has 0 aromatic carbocycles. The second-order valence-corrected chi connectivity index (χ2v) is 3.04. The highest BCUT2D eigenvalue weighted by Gasteiger charge is 2.25. The molecule has 0 aromatic heterocycles. The van der Waals surface area contributed by atoms with Crippen LogP contribution < -0.4 is 5.23 Å². The number of hydrogen-bond acceptors (Lipinski definition) is 3. The van der Waals surface area contributed by atoms with Gasteiger partial charge in [0.25, 0.3) is 0 Å². The predicted molar refractivity (Wildman–Crippen MR) is 47.9 cm³/mol. The van der Waals surface area contributed by atoms with Crippen LogP contribution in [0, 0.1) is 5.92 Å². The van der Waals surface area contributed by atoms with Crippen LogP contribution in [0.5, 0.6) is 0 Å². The lowest BCUT2D eigenvalue weighted by molar-refractivity contribution is -0.140. The molecular weight excluding hydrogens is 157 g/mol. The normalized spacial score (nSPS) is 15.3. The van der Waals surface area contributed by atoms with E-state index in [0.29, 0.717) is 0 Å². The molecule has 0 aliphatic carbocycles. The fourth-order valence-corrected chi connectivity index (χ4v) is 0.975. The fraction of sp³-hybridized carbons (Fsp3) is 0.857. The quantitative estimate of drug-likeness (QED) is 0.519. The van der Waals surface area contributed by atoms with Crippen LogP contribution in [-0.2, 0) is 4.79 Å². The number of carboxylic acid groups (broad SMARTS) is 1. The molecule has 0 heterocycles. The summed E-state index contributed by atoms with van der Waals surface area (Å²) in [6.07, 6.45) is 0.774. The summed E-state index contributed by atoms with van der Waals surface area (Å²) in [5, 5.41) is 20.3. The summed E-state index contributed by atoms with van der Waals surface area (Å²) in [5.74, 6) is -0.887. The van der Waals surface area contributed by atoms with Crippen molar-refractivity contribution in [2.45, 2.75) is 33.1 Å². The minimum Gasteiger partial charge on any atom is -0.480 e. The van der Waals surface area contributed by atoms with Gasteiger partial charge in [-0.2, -0.15) is 0 Å². The van der Waals surface area contributed by atoms with Crippen molar-refractivity contribution >= 4 is 13.0 Å². The summed E-state index contributed by atoms with van der Waals surface area (Å²) < 4.78 is 0. The maximum Gasteiger partial charge on any atom is 0.374 e. The lowest BCUT2D eigenvalue weighted by atomic mass is 9.84. The van der Waals surface area contributed by atoms with Crippen molar-refractivity contribution in [1.82, 2.24) is 5.23 Å². The van der Waals surface area contributed by atoms with Crippen molar-refractivity contribution in [2.24, 2.45) is 5.92 Å². The van der Waals surface area contributed by atoms with E-state index in [1.165, 1.54) is 6.82 Å². The van der Waals surface area contributed by atoms with Gasteiger partial charge in [-0.25, -0.2) is 0 Å². The molecular formula is C7H16BNO3. The van der Waals surface area contributed by atoms with Crippen molar-refractivity contribution in [3.05, 3.63) is 0 Å². The number of nitrogens with one attached hydrogen (secondary N) is 1. The van der Waals surface area contributed by atoms with E-state index >= 15 is 0 Å². The summed E-state index contributed by atoms with van der Waals surface area (Å²) in [4.78, 5) is 10.7. The smallest absolute Gasteiger partial charge is 0.374 e. The maximum atomic E-state index is 10.7. The van der Waals surface area contributed by atoms with E-state index in [1.807, 2.05) is 13.8 Å². The van der Waals surface area contributed by atoms with E-state index < -0.39 is 19.1 Å². The van der Waals surface area contributed by atoms with Gasteiger partial charge >= 0.3 is 13.0 Å². The Hall–Kier alpha value is -0.545. The SMILES string of the molecule is CC[C@H](C)C(NB(C)O)C(=O)O. The first-order valence-electron chi connectivity index (χ1n) is 4.16. The van der Waals surface area contributed by atoms with Crippen LogP contribution in [0.3, 0.4) is 0 Å². The number of hydrogen-bond donors (Lipinski definition) is 3. The van der Waals surface area contributed by atoms with Gasteiger partial charge in [0.15, 0.2) is 0 Å². The van der Waals surface area contributed by atoms with Crippen LogP contribution in [0.25, 0.3) is 0 Å². The van der Waals surface area contributed by atoms with Gasteiger partial charge in [0, 0.05) is 0 Å². The van der Waals surface area contributed by atoms with Crippen molar-refractivity contribution in [1.29, 1.82) is 0 Å². The summed E-state index contributed by atoms with van der Waals surface area (Å²) in [7, 11) is -0.778. The zero-order valence-corrected chi connectivity index (χ0v) is 7.74. The molecule has 3 N–H and O–H groups in total. The highest BCUT2D eigenvalue weighted by molar-refractivity contribution is 6.46. The average Bonchev–Trinajstić information content (AvgIpc) is 1.98. The molecule has 0 radical (unpaired) electrons. The molecule has 0 aliphatic rings. The van der Waals surface area contributed by atoms with Crippen LogP contribution in [-0.4, -0.2) is 29.2 Å². The highest BCUT2D eigenvalue weighted by Crippen LogP contribution is 2.07. The second kappa shape index (κ2) is 5.16. The molecule has 0 fully saturated rings. The van der Waals surface area contributed by atoms with E-state index in [9.17, 15) is 4.79 Å². The maximum absolute atomic E-state index is 10.7. The predicted octanol–water partition coefficient (Wildman–Crippen LogP) is 0.186. The van der Waals surface area contributed by atoms with E-state index in [1.54, 1.807) is 0 Å². The Bertz CT molecular complexity index is 152. The third-order valence-corrected chi connectivity index (χ3v) is 1.90. The van der Waals surface area contributed by atoms with Crippen LogP contribution in [0.2, 0.25) is 6.82 Å². The Morgan fingerprint density at radius 1 is 1.67 bits per heavy atom. The van der Waals surface area contributed by atoms with Gasteiger partial charge in [-0.15, -0.1) is 0 Å². The van der Waals surface area contributed by atoms with Crippen molar-refractivity contribution in [3.8, 4) is 0 Å². The molecule has 0 aliphatic heterocycles. The molecule has 0 aromatic rings. The molecule has 2 atom stereocenters. The van der Waals surface area contributed by atoms with Gasteiger partial charge in [-0.05, 0) is 12.7 Å². The summed E-state index contributed by atoms with van der Waals surface area (Å²) in [6, 6.07) is -0.657. The summed E-state index contributed by atoms with van der Waals surface area (Å²) in [6.45, 7) is 5.27. The molecule has 4 nitrogen and oxygen atoms in total. The van der Waals surface area contributed by atoms with Crippen LogP contribution in [0.4, 0.5) is 0 Å². The minimum absolute atomic E-state index is 0.0251. The number of rotatable bonds is 5. The third kappa shape index (κ3) is 3.73. The van der Waals surface area contributed by atoms with E-state index in [4.69, 9.17) is 10.1 Å². The summed E-state index contributed by atoms with van der Waals surface area (Å²) in [5.41, 5.74) is 0. The third-order valence-electron chi connectivity index (χ3n) is 1.90. The largest absolute Gasteiger partial charge is 0.480 e. The number of carboxylic acids is 1. The van der Waals surface area contributed by atoms with Gasteiger partial charge in [-0.3, -0.25) is 4.79 Å². The van der Waals surface area contributed by atoms with Crippen molar-refractivity contribution in [3.63, 3.8) is 0 Å². The Morgan fingerprint density at radius 2 is 2.17 bits per heavy atom. The van der Waals surface area contributed by atoms with Gasteiger partial charge in [-0.1, -0.05) is 20.3 Å². The Kier molecular flexibility index (Phi) is 4.93. The lowest BCUT2D eigenvalue weighted by Gasteiger charge is -2.20. The highest BCUT2D eigenvalue weighted by atomic mass is 16.4. The molecule has 12 heavy (non-hydrogen) atoms. The topological polar surface area (TPSA) is 69.6 Å². The Labute approximate surface area is 73.1 Å². The first kappa shape index (κ1) is 11.5. The van der Waals surface area contributed by atoms with Crippen LogP contribution in [0.1, 0.15) is 20.3 Å². The van der Waals surface area contributed by atoms with Gasteiger partial charge in [0.2, 0.25) is 0 Å². The Morgan fingerprint density at radius 3 is 2.42 bits per heavy atom. The molecule has 0 spiro atoms. The first-order chi connectivity index (χ1) is 5.49. The van der Waals surface area contributed by atoms with Gasteiger partial charge in [0.05, 0.1) is 0 Å². The van der Waals surface area contributed by atoms with E-state index in [2.05, 4.69) is 5.23 Å². The molecule has 0 bridgehead atoms. The molecule has 5 heteroatoms. The molecule has 0 saturated carbocycles. The standard InChI is InChI=1S/C7H16BNO3/c1-4-5(2)6(7(10)11)9-8(3)12/h5-6,9,12H,4H2,1-3H3,(H,10,11)/t5-,6?/m0/s1. The first-order valence-corrected chi connectivity index (χ1v) is 4.16.